The van der Waals surface area contributed by atoms with Gasteiger partial charge in [-0.3, -0.25) is 19.0 Å². The van der Waals surface area contributed by atoms with Crippen molar-refractivity contribution in [2.75, 3.05) is 0 Å². The zero-order valence-corrected chi connectivity index (χ0v) is 19.6. The molecule has 36 heavy (non-hydrogen) atoms. The number of carbonyl (C=O) groups excluding carboxylic acids is 2. The first-order chi connectivity index (χ1) is 17.4. The Balaban J connectivity index is 1.36. The molecule has 7 nitrogen and oxygen atoms in total. The van der Waals surface area contributed by atoms with Gasteiger partial charge in [0.25, 0.3) is 5.91 Å². The molecule has 2 amide bonds. The maximum Gasteiger partial charge on any atom is 0.287 e. The fraction of sp³-hybridized carbons (Fsp3) is 0.214. The van der Waals surface area contributed by atoms with E-state index in [0.717, 1.165) is 28.6 Å². The highest BCUT2D eigenvalue weighted by Crippen LogP contribution is 2.43. The number of imidazole rings is 1. The number of benzene rings is 1. The third-order valence-corrected chi connectivity index (χ3v) is 7.37. The Hall–Kier alpha value is -4.33. The maximum atomic E-state index is 13.9. The number of nitrogens with two attached hydrogens (primary N) is 1. The molecule has 2 aliphatic carbocycles. The topological polar surface area (TPSA) is 102 Å². The summed E-state index contributed by atoms with van der Waals surface area (Å²) in [5, 5.41) is 3.02. The van der Waals surface area contributed by atoms with Gasteiger partial charge in [0.15, 0.2) is 0 Å². The van der Waals surface area contributed by atoms with Crippen LogP contribution in [0, 0.1) is 30.5 Å². The van der Waals surface area contributed by atoms with Crippen molar-refractivity contribution < 1.29 is 14.0 Å². The summed E-state index contributed by atoms with van der Waals surface area (Å²) < 4.78 is 15.6. The Bertz CT molecular complexity index is 1560. The number of aromatic nitrogens is 3. The molecule has 4 atom stereocenters. The van der Waals surface area contributed by atoms with E-state index < -0.39 is 11.8 Å². The molecule has 1 aromatic carbocycles. The molecule has 6 rings (SSSR count). The van der Waals surface area contributed by atoms with E-state index in [1.165, 1.54) is 6.07 Å². The first-order valence-corrected chi connectivity index (χ1v) is 11.9. The number of fused-ring (bicyclic) bond motifs is 3. The molecular formula is C28H24FN5O2. The number of carbonyl (C=O) groups is 2. The van der Waals surface area contributed by atoms with Crippen LogP contribution >= 0.6 is 0 Å². The van der Waals surface area contributed by atoms with Crippen molar-refractivity contribution in [3.8, 4) is 22.4 Å². The van der Waals surface area contributed by atoms with Crippen LogP contribution < -0.4 is 11.1 Å². The van der Waals surface area contributed by atoms with Crippen LogP contribution in [0.4, 0.5) is 4.39 Å². The summed E-state index contributed by atoms with van der Waals surface area (Å²) in [4.78, 5) is 34.3. The number of halogens is 1. The van der Waals surface area contributed by atoms with Gasteiger partial charge in [0.2, 0.25) is 11.7 Å². The Labute approximate surface area is 206 Å². The van der Waals surface area contributed by atoms with Crippen molar-refractivity contribution >= 4 is 17.3 Å². The lowest BCUT2D eigenvalue weighted by Crippen LogP contribution is -2.48. The van der Waals surface area contributed by atoms with E-state index in [1.54, 1.807) is 35.9 Å². The number of aryl methyl sites for hydroxylation is 1. The van der Waals surface area contributed by atoms with E-state index in [2.05, 4.69) is 21.4 Å². The molecule has 2 bridgehead atoms. The largest absolute Gasteiger partial charge is 0.369 e. The van der Waals surface area contributed by atoms with Gasteiger partial charge in [-0.05, 0) is 61.1 Å². The van der Waals surface area contributed by atoms with Gasteiger partial charge in [-0.1, -0.05) is 24.3 Å². The summed E-state index contributed by atoms with van der Waals surface area (Å²) in [7, 11) is 0. The second kappa shape index (κ2) is 8.41. The standard InChI is InChI=1S/C28H24FN5O2/c1-15-11-17(7-9-22(15)29)24-21(3-2-10-31-24)19-6-8-20-13-32-27(34(20)14-19)28(36)33-25-18-5-4-16(12-18)23(25)26(30)35/h2-11,13-14,16,18,23,25H,12H2,1H3,(H2,30,35)(H,33,36)/t16-,18+,23+,25-/m1/s1. The van der Waals surface area contributed by atoms with Crippen molar-refractivity contribution in [3.05, 3.63) is 90.4 Å². The molecule has 1 fully saturated rings. The van der Waals surface area contributed by atoms with Gasteiger partial charge >= 0.3 is 0 Å². The second-order valence-electron chi connectivity index (χ2n) is 9.53. The van der Waals surface area contributed by atoms with E-state index in [9.17, 15) is 14.0 Å². The van der Waals surface area contributed by atoms with E-state index >= 15 is 0 Å². The van der Waals surface area contributed by atoms with Crippen molar-refractivity contribution in [3.63, 3.8) is 0 Å². The molecule has 0 radical (unpaired) electrons. The molecule has 0 aliphatic heterocycles. The average molecular weight is 482 g/mol. The molecule has 180 valence electrons. The number of rotatable bonds is 5. The van der Waals surface area contributed by atoms with Crippen molar-refractivity contribution in [2.45, 2.75) is 19.4 Å². The summed E-state index contributed by atoms with van der Waals surface area (Å²) in [5.74, 6) is -1.04. The summed E-state index contributed by atoms with van der Waals surface area (Å²) in [6.07, 6.45) is 10.1. The minimum Gasteiger partial charge on any atom is -0.369 e. The van der Waals surface area contributed by atoms with Crippen molar-refractivity contribution in [1.29, 1.82) is 0 Å². The highest BCUT2D eigenvalue weighted by molar-refractivity contribution is 5.93. The van der Waals surface area contributed by atoms with Gasteiger partial charge in [-0.2, -0.15) is 0 Å². The maximum absolute atomic E-state index is 13.9. The number of hydrogen-bond donors (Lipinski definition) is 2. The van der Waals surface area contributed by atoms with Crippen LogP contribution in [0.3, 0.4) is 0 Å². The summed E-state index contributed by atoms with van der Waals surface area (Å²) in [6.45, 7) is 1.72. The minimum atomic E-state index is -0.414. The summed E-state index contributed by atoms with van der Waals surface area (Å²) in [6, 6.07) is 12.2. The van der Waals surface area contributed by atoms with Gasteiger partial charge in [-0.25, -0.2) is 9.37 Å². The number of allylic oxidation sites excluding steroid dienone is 1. The number of primary amides is 1. The number of pyridine rings is 2. The molecule has 3 aromatic heterocycles. The predicted molar refractivity (Wildman–Crippen MR) is 133 cm³/mol. The van der Waals surface area contributed by atoms with E-state index in [1.807, 2.05) is 36.5 Å². The van der Waals surface area contributed by atoms with Gasteiger partial charge < -0.3 is 11.1 Å². The summed E-state index contributed by atoms with van der Waals surface area (Å²) in [5.41, 5.74) is 10.1. The lowest BCUT2D eigenvalue weighted by Gasteiger charge is -2.26. The third-order valence-electron chi connectivity index (χ3n) is 7.37. The molecular weight excluding hydrogens is 457 g/mol. The molecule has 0 spiro atoms. The molecule has 0 unspecified atom stereocenters. The van der Waals surface area contributed by atoms with Crippen molar-refractivity contribution in [2.24, 2.45) is 23.5 Å². The van der Waals surface area contributed by atoms with E-state index in [4.69, 9.17) is 5.73 Å². The van der Waals surface area contributed by atoms with Crippen LogP contribution in [-0.2, 0) is 4.79 Å². The van der Waals surface area contributed by atoms with E-state index in [-0.39, 0.29) is 35.4 Å². The normalized spacial score (nSPS) is 22.3. The lowest BCUT2D eigenvalue weighted by atomic mass is 9.88. The van der Waals surface area contributed by atoms with Crippen LogP contribution in [-0.4, -0.2) is 32.2 Å². The Morgan fingerprint density at radius 2 is 1.89 bits per heavy atom. The lowest BCUT2D eigenvalue weighted by molar-refractivity contribution is -0.123. The SMILES string of the molecule is Cc1cc(-c2ncccc2-c2ccc3cnc(C(=O)N[C@H]4[C@@H](C(N)=O)[C@@H]5C=C[C@H]4C5)n3c2)ccc1F. The Morgan fingerprint density at radius 1 is 1.08 bits per heavy atom. The molecule has 4 aromatic rings. The number of nitrogens with zero attached hydrogens (tertiary/aromatic N) is 3. The number of amides is 2. The van der Waals surface area contributed by atoms with Gasteiger partial charge in [0.1, 0.15) is 5.82 Å². The van der Waals surface area contributed by atoms with Crippen LogP contribution in [0.25, 0.3) is 27.9 Å². The summed E-state index contributed by atoms with van der Waals surface area (Å²) >= 11 is 0. The first-order valence-electron chi connectivity index (χ1n) is 11.9. The van der Waals surface area contributed by atoms with Crippen LogP contribution in [0.15, 0.2) is 73.2 Å². The molecule has 2 aliphatic rings. The Morgan fingerprint density at radius 3 is 2.69 bits per heavy atom. The fourth-order valence-corrected chi connectivity index (χ4v) is 5.60. The predicted octanol–water partition coefficient (Wildman–Crippen LogP) is 3.92. The fourth-order valence-electron chi connectivity index (χ4n) is 5.60. The third kappa shape index (κ3) is 3.57. The quantitative estimate of drug-likeness (QED) is 0.422. The van der Waals surface area contributed by atoms with Crippen LogP contribution in [0.2, 0.25) is 0 Å². The first kappa shape index (κ1) is 22.2. The van der Waals surface area contributed by atoms with E-state index in [0.29, 0.717) is 11.3 Å². The molecule has 1 saturated carbocycles. The number of nitrogens with one attached hydrogen (secondary N) is 1. The van der Waals surface area contributed by atoms with Crippen LogP contribution in [0.5, 0.6) is 0 Å². The van der Waals surface area contributed by atoms with Gasteiger partial charge in [-0.15, -0.1) is 0 Å². The molecule has 3 N–H and O–H groups in total. The van der Waals surface area contributed by atoms with Crippen LogP contribution in [0.1, 0.15) is 22.6 Å². The highest BCUT2D eigenvalue weighted by Gasteiger charge is 2.48. The zero-order chi connectivity index (χ0) is 25.0. The molecule has 8 heteroatoms. The van der Waals surface area contributed by atoms with Crippen molar-refractivity contribution in [1.82, 2.24) is 19.7 Å². The molecule has 0 saturated heterocycles. The van der Waals surface area contributed by atoms with Gasteiger partial charge in [0, 0.05) is 35.1 Å². The zero-order valence-electron chi connectivity index (χ0n) is 19.6. The highest BCUT2D eigenvalue weighted by atomic mass is 19.1. The second-order valence-corrected chi connectivity index (χ2v) is 9.53. The minimum absolute atomic E-state index is 0.0699. The molecule has 3 heterocycles. The smallest absolute Gasteiger partial charge is 0.287 e. The average Bonchev–Trinajstić information content (AvgIpc) is 3.60. The monoisotopic (exact) mass is 481 g/mol. The number of hydrogen-bond acceptors (Lipinski definition) is 4. The Kier molecular flexibility index (Phi) is 5.17. The van der Waals surface area contributed by atoms with Gasteiger partial charge in [0.05, 0.1) is 23.3 Å².